The number of aromatic nitrogens is 2. The van der Waals surface area contributed by atoms with Crippen molar-refractivity contribution in [1.29, 1.82) is 0 Å². The van der Waals surface area contributed by atoms with Crippen molar-refractivity contribution in [3.05, 3.63) is 17.4 Å². The molecule has 2 heterocycles. The highest BCUT2D eigenvalue weighted by Crippen LogP contribution is 2.25. The van der Waals surface area contributed by atoms with Crippen molar-refractivity contribution < 1.29 is 8.42 Å². The molecule has 0 amide bonds. The summed E-state index contributed by atoms with van der Waals surface area (Å²) in [6.07, 6.45) is 4.39. The van der Waals surface area contributed by atoms with E-state index in [2.05, 4.69) is 4.98 Å². The number of rotatable bonds is 1. The quantitative estimate of drug-likeness (QED) is 0.717. The van der Waals surface area contributed by atoms with E-state index in [1.165, 1.54) is 23.9 Å². The van der Waals surface area contributed by atoms with Crippen LogP contribution < -0.4 is 0 Å². The molecule has 0 aromatic carbocycles. The van der Waals surface area contributed by atoms with Gasteiger partial charge in [0.05, 0.1) is 6.20 Å². The molecule has 0 atom stereocenters. The number of sulfone groups is 1. The number of aryl methyl sites for hydroxylation is 1. The minimum atomic E-state index is -3.15. The second-order valence-electron chi connectivity index (χ2n) is 2.84. The predicted molar refractivity (Wildman–Crippen MR) is 50.9 cm³/mol. The van der Waals surface area contributed by atoms with Gasteiger partial charge in [-0.15, -0.1) is 11.3 Å². The van der Waals surface area contributed by atoms with Crippen LogP contribution in [0, 0.1) is 6.92 Å². The van der Waals surface area contributed by atoms with E-state index in [-0.39, 0.29) is 0 Å². The first-order chi connectivity index (χ1) is 6.00. The second kappa shape index (κ2) is 2.55. The maximum Gasteiger partial charge on any atom is 0.192 e. The molecule has 0 saturated carbocycles. The molecule has 2 aromatic heterocycles. The molecule has 0 aliphatic heterocycles. The number of nitrogens with zero attached hydrogens (tertiary/aromatic N) is 2. The number of thiazole rings is 1. The Morgan fingerprint density at radius 1 is 1.54 bits per heavy atom. The average molecular weight is 216 g/mol. The first-order valence-corrected chi connectivity index (χ1v) is 6.32. The number of hydrogen-bond acceptors (Lipinski definition) is 4. The third-order valence-corrected chi connectivity index (χ3v) is 4.08. The van der Waals surface area contributed by atoms with Crippen molar-refractivity contribution in [3.8, 4) is 0 Å². The van der Waals surface area contributed by atoms with Gasteiger partial charge in [-0.2, -0.15) is 0 Å². The minimum Gasteiger partial charge on any atom is -0.280 e. The van der Waals surface area contributed by atoms with E-state index in [1.54, 1.807) is 17.5 Å². The summed E-state index contributed by atoms with van der Waals surface area (Å²) in [5.74, 6) is 0. The predicted octanol–water partition coefficient (Wildman–Crippen LogP) is 1.11. The monoisotopic (exact) mass is 216 g/mol. The number of imidazole rings is 1. The fraction of sp³-hybridized carbons (Fsp3) is 0.286. The van der Waals surface area contributed by atoms with Crippen molar-refractivity contribution in [2.75, 3.05) is 6.26 Å². The van der Waals surface area contributed by atoms with Gasteiger partial charge < -0.3 is 0 Å². The Balaban J connectivity index is 2.94. The topological polar surface area (TPSA) is 51.4 Å². The lowest BCUT2D eigenvalue weighted by molar-refractivity contribution is 0.596. The van der Waals surface area contributed by atoms with Crippen molar-refractivity contribution in [2.45, 2.75) is 11.9 Å². The van der Waals surface area contributed by atoms with Gasteiger partial charge in [0.2, 0.25) is 0 Å². The lowest BCUT2D eigenvalue weighted by atomic mass is 10.6. The Bertz CT molecular complexity index is 550. The lowest BCUT2D eigenvalue weighted by Gasteiger charge is -1.96. The third kappa shape index (κ3) is 1.26. The normalized spacial score (nSPS) is 12.5. The van der Waals surface area contributed by atoms with Crippen LogP contribution in [0.3, 0.4) is 0 Å². The number of hydrogen-bond donors (Lipinski definition) is 0. The summed E-state index contributed by atoms with van der Waals surface area (Å²) in [5.41, 5.74) is 0. The van der Waals surface area contributed by atoms with Gasteiger partial charge in [-0.25, -0.2) is 13.4 Å². The van der Waals surface area contributed by atoms with E-state index in [0.29, 0.717) is 5.03 Å². The molecule has 0 radical (unpaired) electrons. The molecular weight excluding hydrogens is 208 g/mol. The summed E-state index contributed by atoms with van der Waals surface area (Å²) in [7, 11) is -3.15. The highest BCUT2D eigenvalue weighted by atomic mass is 32.2. The van der Waals surface area contributed by atoms with Crippen LogP contribution in [-0.4, -0.2) is 24.1 Å². The van der Waals surface area contributed by atoms with Gasteiger partial charge in [0, 0.05) is 11.1 Å². The van der Waals surface area contributed by atoms with Gasteiger partial charge in [0.1, 0.15) is 11.2 Å². The maximum absolute atomic E-state index is 11.4. The largest absolute Gasteiger partial charge is 0.280 e. The van der Waals surface area contributed by atoms with E-state index < -0.39 is 9.84 Å². The molecule has 6 heteroatoms. The fourth-order valence-corrected chi connectivity index (χ4v) is 3.83. The van der Waals surface area contributed by atoms with E-state index in [9.17, 15) is 8.42 Å². The molecule has 0 aliphatic rings. The average Bonchev–Trinajstić information content (AvgIpc) is 2.41. The molecule has 0 bridgehead atoms. The summed E-state index contributed by atoms with van der Waals surface area (Å²) in [6, 6.07) is 0. The summed E-state index contributed by atoms with van der Waals surface area (Å²) in [6.45, 7) is 1.80. The Labute approximate surface area is 79.8 Å². The Morgan fingerprint density at radius 2 is 2.23 bits per heavy atom. The van der Waals surface area contributed by atoms with E-state index in [1.807, 2.05) is 0 Å². The van der Waals surface area contributed by atoms with Crippen molar-refractivity contribution in [2.24, 2.45) is 0 Å². The molecule has 0 spiro atoms. The molecule has 13 heavy (non-hydrogen) atoms. The Morgan fingerprint density at radius 3 is 2.85 bits per heavy atom. The highest BCUT2D eigenvalue weighted by Gasteiger charge is 2.17. The maximum atomic E-state index is 11.4. The van der Waals surface area contributed by atoms with Crippen LogP contribution in [0.25, 0.3) is 4.83 Å². The minimum absolute atomic E-state index is 0.352. The zero-order valence-electron chi connectivity index (χ0n) is 7.18. The summed E-state index contributed by atoms with van der Waals surface area (Å²) in [5, 5.41) is 0.352. The lowest BCUT2D eigenvalue weighted by Crippen LogP contribution is -2.02. The van der Waals surface area contributed by atoms with Gasteiger partial charge in [0.25, 0.3) is 0 Å². The summed E-state index contributed by atoms with van der Waals surface area (Å²) in [4.78, 5) is 5.55. The Hall–Kier alpha value is -0.880. The van der Waals surface area contributed by atoms with Crippen molar-refractivity contribution in [3.63, 3.8) is 0 Å². The first-order valence-electron chi connectivity index (χ1n) is 3.61. The van der Waals surface area contributed by atoms with Gasteiger partial charge in [-0.1, -0.05) is 0 Å². The molecular formula is C7H8N2O2S2. The zero-order valence-corrected chi connectivity index (χ0v) is 8.82. The molecule has 70 valence electrons. The second-order valence-corrected chi connectivity index (χ2v) is 6.00. The zero-order chi connectivity index (χ0) is 9.64. The number of fused-ring (bicyclic) bond motifs is 1. The van der Waals surface area contributed by atoms with Crippen LogP contribution in [0.1, 0.15) is 4.88 Å². The Kier molecular flexibility index (Phi) is 1.71. The SMILES string of the molecule is Cc1sc2cncn2c1S(C)(=O)=O. The van der Waals surface area contributed by atoms with Crippen molar-refractivity contribution >= 4 is 26.0 Å². The molecule has 0 N–H and O–H groups in total. The third-order valence-electron chi connectivity index (χ3n) is 1.73. The molecule has 4 nitrogen and oxygen atoms in total. The van der Waals surface area contributed by atoms with Crippen LogP contribution in [0.4, 0.5) is 0 Å². The molecule has 0 saturated heterocycles. The van der Waals surface area contributed by atoms with Crippen molar-refractivity contribution in [1.82, 2.24) is 9.38 Å². The van der Waals surface area contributed by atoms with E-state index >= 15 is 0 Å². The van der Waals surface area contributed by atoms with Gasteiger partial charge >= 0.3 is 0 Å². The molecule has 0 fully saturated rings. The van der Waals surface area contributed by atoms with Crippen LogP contribution in [0.5, 0.6) is 0 Å². The summed E-state index contributed by atoms with van der Waals surface area (Å²) >= 11 is 1.43. The first kappa shape index (κ1) is 8.71. The van der Waals surface area contributed by atoms with E-state index in [4.69, 9.17) is 0 Å². The van der Waals surface area contributed by atoms with Gasteiger partial charge in [-0.05, 0) is 6.92 Å². The van der Waals surface area contributed by atoms with Crippen LogP contribution in [0.2, 0.25) is 0 Å². The smallest absolute Gasteiger partial charge is 0.192 e. The molecule has 2 rings (SSSR count). The van der Waals surface area contributed by atoms with E-state index in [0.717, 1.165) is 9.71 Å². The highest BCUT2D eigenvalue weighted by molar-refractivity contribution is 7.90. The standard InChI is InChI=1S/C7H8N2O2S2/c1-5-7(13(2,10)11)9-4-8-3-6(9)12-5/h3-4H,1-2H3. The molecule has 2 aromatic rings. The fourth-order valence-electron chi connectivity index (χ4n) is 1.32. The summed E-state index contributed by atoms with van der Waals surface area (Å²) < 4.78 is 24.4. The molecule has 0 aliphatic carbocycles. The molecule has 0 unspecified atom stereocenters. The van der Waals surface area contributed by atoms with Gasteiger partial charge in [-0.3, -0.25) is 4.40 Å². The van der Waals surface area contributed by atoms with Crippen LogP contribution >= 0.6 is 11.3 Å². The van der Waals surface area contributed by atoms with Crippen LogP contribution in [0.15, 0.2) is 17.6 Å². The van der Waals surface area contributed by atoms with Gasteiger partial charge in [0.15, 0.2) is 14.9 Å². The van der Waals surface area contributed by atoms with Crippen LogP contribution in [-0.2, 0) is 9.84 Å².